The van der Waals surface area contributed by atoms with Crippen LogP contribution >= 0.6 is 0 Å². The second-order valence-electron chi connectivity index (χ2n) is 5.56. The molecule has 0 saturated carbocycles. The zero-order valence-corrected chi connectivity index (χ0v) is 12.2. The lowest BCUT2D eigenvalue weighted by atomic mass is 10.1. The standard InChI is InChI=1S/C18H21NO/c1-14-10-15(2)12-17(11-14)19-8-9-20-18(13-19)16-6-4-3-5-7-16/h3-7,10-12,18H,8-9,13H2,1-2H3. The van der Waals surface area contributed by atoms with E-state index in [1.165, 1.54) is 22.4 Å². The molecule has 0 aromatic heterocycles. The van der Waals surface area contributed by atoms with E-state index in [1.54, 1.807) is 0 Å². The average molecular weight is 267 g/mol. The number of nitrogens with zero attached hydrogens (tertiary/aromatic N) is 1. The van der Waals surface area contributed by atoms with Gasteiger partial charge >= 0.3 is 0 Å². The lowest BCUT2D eigenvalue weighted by Gasteiger charge is -2.35. The average Bonchev–Trinajstić information content (AvgIpc) is 2.47. The third-order valence-electron chi connectivity index (χ3n) is 3.81. The van der Waals surface area contributed by atoms with Crippen molar-refractivity contribution in [2.75, 3.05) is 24.6 Å². The van der Waals surface area contributed by atoms with Gasteiger partial charge in [-0.25, -0.2) is 0 Å². The topological polar surface area (TPSA) is 12.5 Å². The van der Waals surface area contributed by atoms with Crippen LogP contribution in [-0.2, 0) is 4.74 Å². The van der Waals surface area contributed by atoms with Crippen LogP contribution in [0.3, 0.4) is 0 Å². The largest absolute Gasteiger partial charge is 0.370 e. The Labute approximate surface area is 121 Å². The minimum absolute atomic E-state index is 0.172. The van der Waals surface area contributed by atoms with Gasteiger partial charge in [0.15, 0.2) is 0 Å². The summed E-state index contributed by atoms with van der Waals surface area (Å²) in [5.41, 5.74) is 5.22. The van der Waals surface area contributed by atoms with Crippen molar-refractivity contribution in [3.8, 4) is 0 Å². The van der Waals surface area contributed by atoms with Gasteiger partial charge in [-0.15, -0.1) is 0 Å². The monoisotopic (exact) mass is 267 g/mol. The minimum Gasteiger partial charge on any atom is -0.370 e. The Bertz CT molecular complexity index is 559. The maximum atomic E-state index is 5.93. The Morgan fingerprint density at radius 3 is 2.40 bits per heavy atom. The first-order valence-electron chi connectivity index (χ1n) is 7.22. The molecule has 20 heavy (non-hydrogen) atoms. The molecule has 0 aliphatic carbocycles. The summed E-state index contributed by atoms with van der Waals surface area (Å²) < 4.78 is 5.93. The number of aryl methyl sites for hydroxylation is 2. The zero-order chi connectivity index (χ0) is 13.9. The Kier molecular flexibility index (Phi) is 3.75. The van der Waals surface area contributed by atoms with E-state index in [-0.39, 0.29) is 6.10 Å². The lowest BCUT2D eigenvalue weighted by Crippen LogP contribution is -2.38. The molecule has 1 atom stereocenters. The van der Waals surface area contributed by atoms with Crippen molar-refractivity contribution in [3.63, 3.8) is 0 Å². The van der Waals surface area contributed by atoms with Crippen LogP contribution in [0.25, 0.3) is 0 Å². The molecular formula is C18H21NO. The summed E-state index contributed by atoms with van der Waals surface area (Å²) in [5.74, 6) is 0. The summed E-state index contributed by atoms with van der Waals surface area (Å²) >= 11 is 0. The van der Waals surface area contributed by atoms with Crippen molar-refractivity contribution in [2.45, 2.75) is 20.0 Å². The van der Waals surface area contributed by atoms with E-state index in [2.05, 4.69) is 61.2 Å². The molecule has 2 nitrogen and oxygen atoms in total. The normalized spacial score (nSPS) is 19.1. The summed E-state index contributed by atoms with van der Waals surface area (Å²) in [6, 6.07) is 17.3. The van der Waals surface area contributed by atoms with Crippen LogP contribution < -0.4 is 4.90 Å². The number of hydrogen-bond donors (Lipinski definition) is 0. The molecule has 1 saturated heterocycles. The van der Waals surface area contributed by atoms with Crippen LogP contribution in [-0.4, -0.2) is 19.7 Å². The van der Waals surface area contributed by atoms with Crippen molar-refractivity contribution < 1.29 is 4.74 Å². The van der Waals surface area contributed by atoms with Crippen LogP contribution in [0.2, 0.25) is 0 Å². The summed E-state index contributed by atoms with van der Waals surface area (Å²) in [5, 5.41) is 0. The maximum Gasteiger partial charge on any atom is 0.100 e. The van der Waals surface area contributed by atoms with Crippen LogP contribution in [0.4, 0.5) is 5.69 Å². The number of morpholine rings is 1. The highest BCUT2D eigenvalue weighted by atomic mass is 16.5. The van der Waals surface area contributed by atoms with E-state index < -0.39 is 0 Å². The first-order chi connectivity index (χ1) is 9.72. The van der Waals surface area contributed by atoms with Crippen LogP contribution in [0, 0.1) is 13.8 Å². The van der Waals surface area contributed by atoms with Gasteiger partial charge in [0.05, 0.1) is 6.61 Å². The molecule has 2 aromatic rings. The van der Waals surface area contributed by atoms with Gasteiger partial charge < -0.3 is 9.64 Å². The van der Waals surface area contributed by atoms with E-state index >= 15 is 0 Å². The molecule has 1 aliphatic heterocycles. The predicted octanol–water partition coefficient (Wildman–Crippen LogP) is 3.88. The minimum atomic E-state index is 0.172. The van der Waals surface area contributed by atoms with Crippen LogP contribution in [0.1, 0.15) is 22.8 Å². The molecule has 1 unspecified atom stereocenters. The van der Waals surface area contributed by atoms with Crippen molar-refractivity contribution in [1.82, 2.24) is 0 Å². The van der Waals surface area contributed by atoms with E-state index in [4.69, 9.17) is 4.74 Å². The lowest BCUT2D eigenvalue weighted by molar-refractivity contribution is 0.0398. The van der Waals surface area contributed by atoms with Crippen molar-refractivity contribution in [3.05, 3.63) is 65.2 Å². The van der Waals surface area contributed by atoms with Crippen LogP contribution in [0.15, 0.2) is 48.5 Å². The Balaban J connectivity index is 1.81. The van der Waals surface area contributed by atoms with E-state index in [1.807, 2.05) is 6.07 Å². The molecule has 0 radical (unpaired) electrons. The second kappa shape index (κ2) is 5.68. The first-order valence-corrected chi connectivity index (χ1v) is 7.22. The third kappa shape index (κ3) is 2.86. The molecule has 1 fully saturated rings. The number of anilines is 1. The van der Waals surface area contributed by atoms with Gasteiger partial charge in [-0.2, -0.15) is 0 Å². The Morgan fingerprint density at radius 2 is 1.70 bits per heavy atom. The fourth-order valence-corrected chi connectivity index (χ4v) is 2.89. The molecule has 2 aromatic carbocycles. The highest BCUT2D eigenvalue weighted by molar-refractivity contribution is 5.51. The maximum absolute atomic E-state index is 5.93. The Hall–Kier alpha value is -1.80. The Morgan fingerprint density at radius 1 is 1.00 bits per heavy atom. The molecule has 104 valence electrons. The van der Waals surface area contributed by atoms with Gasteiger partial charge in [-0.1, -0.05) is 36.4 Å². The number of benzene rings is 2. The summed E-state index contributed by atoms with van der Waals surface area (Å²) in [6.45, 7) is 6.99. The van der Waals surface area contributed by atoms with E-state index in [0.717, 1.165) is 19.7 Å². The fraction of sp³-hybridized carbons (Fsp3) is 0.333. The predicted molar refractivity (Wildman–Crippen MR) is 83.3 cm³/mol. The summed E-state index contributed by atoms with van der Waals surface area (Å²) in [6.07, 6.45) is 0.172. The molecular weight excluding hydrogens is 246 g/mol. The summed E-state index contributed by atoms with van der Waals surface area (Å²) in [4.78, 5) is 2.43. The SMILES string of the molecule is Cc1cc(C)cc(N2CCOC(c3ccccc3)C2)c1. The number of ether oxygens (including phenoxy) is 1. The number of hydrogen-bond acceptors (Lipinski definition) is 2. The fourth-order valence-electron chi connectivity index (χ4n) is 2.89. The summed E-state index contributed by atoms with van der Waals surface area (Å²) in [7, 11) is 0. The van der Waals surface area contributed by atoms with E-state index in [0.29, 0.717) is 0 Å². The number of rotatable bonds is 2. The molecule has 0 N–H and O–H groups in total. The second-order valence-corrected chi connectivity index (χ2v) is 5.56. The van der Waals surface area contributed by atoms with Crippen molar-refractivity contribution in [2.24, 2.45) is 0 Å². The molecule has 2 heteroatoms. The highest BCUT2D eigenvalue weighted by Crippen LogP contribution is 2.27. The highest BCUT2D eigenvalue weighted by Gasteiger charge is 2.22. The molecule has 3 rings (SSSR count). The molecule has 1 heterocycles. The molecule has 0 spiro atoms. The zero-order valence-electron chi connectivity index (χ0n) is 12.2. The van der Waals surface area contributed by atoms with Gasteiger partial charge in [0, 0.05) is 18.8 Å². The van der Waals surface area contributed by atoms with Gasteiger partial charge in [0.25, 0.3) is 0 Å². The molecule has 0 amide bonds. The van der Waals surface area contributed by atoms with Gasteiger partial charge in [0.1, 0.15) is 6.10 Å². The molecule has 1 aliphatic rings. The first kappa shape index (κ1) is 13.2. The van der Waals surface area contributed by atoms with Crippen molar-refractivity contribution in [1.29, 1.82) is 0 Å². The van der Waals surface area contributed by atoms with Gasteiger partial charge in [-0.3, -0.25) is 0 Å². The molecule has 0 bridgehead atoms. The quantitative estimate of drug-likeness (QED) is 0.818. The van der Waals surface area contributed by atoms with Gasteiger partial charge in [-0.05, 0) is 42.7 Å². The third-order valence-corrected chi connectivity index (χ3v) is 3.81. The smallest absolute Gasteiger partial charge is 0.100 e. The van der Waals surface area contributed by atoms with Gasteiger partial charge in [0.2, 0.25) is 0 Å². The van der Waals surface area contributed by atoms with Crippen LogP contribution in [0.5, 0.6) is 0 Å². The van der Waals surface area contributed by atoms with E-state index in [9.17, 15) is 0 Å². The van der Waals surface area contributed by atoms with Crippen molar-refractivity contribution >= 4 is 5.69 Å².